The Morgan fingerprint density at radius 2 is 1.83 bits per heavy atom. The zero-order valence-corrected chi connectivity index (χ0v) is 11.3. The molecule has 1 aliphatic heterocycles. The molecule has 2 unspecified atom stereocenters. The summed E-state index contributed by atoms with van der Waals surface area (Å²) in [5.74, 6) is 0. The lowest BCUT2D eigenvalue weighted by Gasteiger charge is -2.11. The molecule has 1 heterocycles. The highest BCUT2D eigenvalue weighted by molar-refractivity contribution is 5.16. The monoisotopic (exact) mass is 248 g/mol. The Labute approximate surface area is 110 Å². The fraction of sp³-hybridized carbons (Fsp3) is 0.625. The van der Waals surface area contributed by atoms with Gasteiger partial charge in [-0.15, -0.1) is 0 Å². The van der Waals surface area contributed by atoms with Crippen molar-refractivity contribution in [3.05, 3.63) is 35.9 Å². The molecule has 0 radical (unpaired) electrons. The first-order valence-corrected chi connectivity index (χ1v) is 7.22. The van der Waals surface area contributed by atoms with E-state index in [0.717, 1.165) is 18.6 Å². The van der Waals surface area contributed by atoms with Crippen LogP contribution >= 0.6 is 0 Å². The fourth-order valence-electron chi connectivity index (χ4n) is 2.36. The van der Waals surface area contributed by atoms with Gasteiger partial charge >= 0.3 is 0 Å². The zero-order valence-electron chi connectivity index (χ0n) is 11.3. The third-order valence-electron chi connectivity index (χ3n) is 3.45. The van der Waals surface area contributed by atoms with Crippen molar-refractivity contribution in [1.29, 1.82) is 0 Å². The second kappa shape index (κ2) is 7.55. The molecule has 1 aromatic carbocycles. The summed E-state index contributed by atoms with van der Waals surface area (Å²) in [6.45, 7) is 2.99. The standard InChI is InChI=1S/C16H24O2/c1-2-3-4-5-9-12-15-13-17-16(18-15)14-10-7-6-8-11-14/h6-8,10-11,15-16H,2-5,9,12-13H2,1H3. The molecule has 18 heavy (non-hydrogen) atoms. The van der Waals surface area contributed by atoms with E-state index in [9.17, 15) is 0 Å². The normalized spacial score (nSPS) is 23.4. The molecular formula is C16H24O2. The summed E-state index contributed by atoms with van der Waals surface area (Å²) in [7, 11) is 0. The van der Waals surface area contributed by atoms with E-state index in [2.05, 4.69) is 19.1 Å². The van der Waals surface area contributed by atoms with Gasteiger partial charge in [-0.1, -0.05) is 69.4 Å². The Morgan fingerprint density at radius 3 is 2.61 bits per heavy atom. The number of rotatable bonds is 7. The highest BCUT2D eigenvalue weighted by atomic mass is 16.7. The summed E-state index contributed by atoms with van der Waals surface area (Å²) >= 11 is 0. The van der Waals surface area contributed by atoms with Crippen LogP contribution in [0.4, 0.5) is 0 Å². The summed E-state index contributed by atoms with van der Waals surface area (Å²) < 4.78 is 11.6. The topological polar surface area (TPSA) is 18.5 Å². The molecule has 1 aliphatic rings. The van der Waals surface area contributed by atoms with Crippen LogP contribution in [-0.2, 0) is 9.47 Å². The summed E-state index contributed by atoms with van der Waals surface area (Å²) in [6.07, 6.45) is 7.87. The van der Waals surface area contributed by atoms with E-state index in [-0.39, 0.29) is 12.4 Å². The van der Waals surface area contributed by atoms with Crippen LogP contribution in [0.3, 0.4) is 0 Å². The molecule has 100 valence electrons. The van der Waals surface area contributed by atoms with Crippen molar-refractivity contribution in [2.45, 2.75) is 57.8 Å². The zero-order chi connectivity index (χ0) is 12.6. The second-order valence-corrected chi connectivity index (χ2v) is 5.04. The van der Waals surface area contributed by atoms with E-state index in [1.165, 1.54) is 32.1 Å². The van der Waals surface area contributed by atoms with Crippen molar-refractivity contribution in [2.24, 2.45) is 0 Å². The number of ether oxygens (including phenoxy) is 2. The van der Waals surface area contributed by atoms with Crippen LogP contribution < -0.4 is 0 Å². The molecule has 0 aromatic heterocycles. The minimum Gasteiger partial charge on any atom is -0.346 e. The molecule has 1 fully saturated rings. The van der Waals surface area contributed by atoms with Crippen LogP contribution in [-0.4, -0.2) is 12.7 Å². The Hall–Kier alpha value is -0.860. The molecule has 0 amide bonds. The average molecular weight is 248 g/mol. The molecule has 2 nitrogen and oxygen atoms in total. The van der Waals surface area contributed by atoms with Crippen molar-refractivity contribution in [3.8, 4) is 0 Å². The van der Waals surface area contributed by atoms with Crippen LogP contribution in [0.25, 0.3) is 0 Å². The van der Waals surface area contributed by atoms with Gasteiger partial charge in [0.15, 0.2) is 6.29 Å². The molecule has 2 atom stereocenters. The van der Waals surface area contributed by atoms with Gasteiger partial charge in [0.2, 0.25) is 0 Å². The number of hydrogen-bond acceptors (Lipinski definition) is 2. The molecule has 0 saturated carbocycles. The predicted molar refractivity (Wildman–Crippen MR) is 73.4 cm³/mol. The Morgan fingerprint density at radius 1 is 1.06 bits per heavy atom. The van der Waals surface area contributed by atoms with Gasteiger partial charge in [-0.3, -0.25) is 0 Å². The first-order valence-electron chi connectivity index (χ1n) is 7.22. The molecule has 0 aliphatic carbocycles. The Bertz CT molecular complexity index is 323. The molecule has 1 aromatic rings. The molecule has 0 N–H and O–H groups in total. The van der Waals surface area contributed by atoms with E-state index in [0.29, 0.717) is 0 Å². The van der Waals surface area contributed by atoms with Crippen LogP contribution in [0.5, 0.6) is 0 Å². The van der Waals surface area contributed by atoms with Gasteiger partial charge in [0, 0.05) is 5.56 Å². The summed E-state index contributed by atoms with van der Waals surface area (Å²) in [5.41, 5.74) is 1.13. The van der Waals surface area contributed by atoms with Crippen LogP contribution in [0.15, 0.2) is 30.3 Å². The highest BCUT2D eigenvalue weighted by Crippen LogP contribution is 2.28. The fourth-order valence-corrected chi connectivity index (χ4v) is 2.36. The van der Waals surface area contributed by atoms with Crippen molar-refractivity contribution in [1.82, 2.24) is 0 Å². The summed E-state index contributed by atoms with van der Waals surface area (Å²) in [4.78, 5) is 0. The molecule has 0 spiro atoms. The van der Waals surface area contributed by atoms with E-state index in [4.69, 9.17) is 9.47 Å². The van der Waals surface area contributed by atoms with Gasteiger partial charge in [0.05, 0.1) is 12.7 Å². The molecule has 2 rings (SSSR count). The first-order chi connectivity index (χ1) is 8.90. The largest absolute Gasteiger partial charge is 0.346 e. The first kappa shape index (κ1) is 13.6. The Balaban J connectivity index is 1.66. The predicted octanol–water partition coefficient (Wildman–Crippen LogP) is 4.46. The molecule has 1 saturated heterocycles. The van der Waals surface area contributed by atoms with Gasteiger partial charge in [-0.25, -0.2) is 0 Å². The second-order valence-electron chi connectivity index (χ2n) is 5.04. The van der Waals surface area contributed by atoms with Crippen LogP contribution in [0.2, 0.25) is 0 Å². The maximum Gasteiger partial charge on any atom is 0.184 e. The van der Waals surface area contributed by atoms with Gasteiger partial charge in [0.1, 0.15) is 0 Å². The number of unbranched alkanes of at least 4 members (excludes halogenated alkanes) is 4. The minimum absolute atomic E-state index is 0.146. The van der Waals surface area contributed by atoms with E-state index in [1.807, 2.05) is 18.2 Å². The highest BCUT2D eigenvalue weighted by Gasteiger charge is 2.26. The van der Waals surface area contributed by atoms with E-state index >= 15 is 0 Å². The smallest absolute Gasteiger partial charge is 0.184 e. The third-order valence-corrected chi connectivity index (χ3v) is 3.45. The number of hydrogen-bond donors (Lipinski definition) is 0. The van der Waals surface area contributed by atoms with Crippen molar-refractivity contribution >= 4 is 0 Å². The van der Waals surface area contributed by atoms with Gasteiger partial charge in [-0.05, 0) is 6.42 Å². The summed E-state index contributed by atoms with van der Waals surface area (Å²) in [6, 6.07) is 10.2. The maximum absolute atomic E-state index is 5.93. The molecule has 0 bridgehead atoms. The van der Waals surface area contributed by atoms with E-state index < -0.39 is 0 Å². The van der Waals surface area contributed by atoms with Gasteiger partial charge in [0.25, 0.3) is 0 Å². The lowest BCUT2D eigenvalue weighted by Crippen LogP contribution is -2.09. The average Bonchev–Trinajstić information content (AvgIpc) is 2.88. The lowest BCUT2D eigenvalue weighted by molar-refractivity contribution is -0.0613. The van der Waals surface area contributed by atoms with Crippen LogP contribution in [0, 0.1) is 0 Å². The summed E-state index contributed by atoms with van der Waals surface area (Å²) in [5, 5.41) is 0. The molecular weight excluding hydrogens is 224 g/mol. The Kier molecular flexibility index (Phi) is 5.69. The lowest BCUT2D eigenvalue weighted by atomic mass is 10.1. The van der Waals surface area contributed by atoms with E-state index in [1.54, 1.807) is 0 Å². The van der Waals surface area contributed by atoms with Crippen molar-refractivity contribution in [3.63, 3.8) is 0 Å². The minimum atomic E-state index is -0.146. The van der Waals surface area contributed by atoms with Crippen molar-refractivity contribution < 1.29 is 9.47 Å². The van der Waals surface area contributed by atoms with Crippen LogP contribution in [0.1, 0.15) is 57.3 Å². The van der Waals surface area contributed by atoms with Crippen molar-refractivity contribution in [2.75, 3.05) is 6.61 Å². The molecule has 2 heteroatoms. The van der Waals surface area contributed by atoms with Gasteiger partial charge < -0.3 is 9.47 Å². The SMILES string of the molecule is CCCCCCCC1COC(c2ccccc2)O1. The number of benzene rings is 1. The third kappa shape index (κ3) is 4.11. The van der Waals surface area contributed by atoms with Gasteiger partial charge in [-0.2, -0.15) is 0 Å². The maximum atomic E-state index is 5.93. The quantitative estimate of drug-likeness (QED) is 0.663.